The maximum atomic E-state index is 14.4. The topological polar surface area (TPSA) is 440 Å². The third-order valence-electron chi connectivity index (χ3n) is 15.9. The predicted molar refractivity (Wildman–Crippen MR) is 355 cm³/mol. The van der Waals surface area contributed by atoms with Gasteiger partial charge in [-0.15, -0.1) is 0 Å². The van der Waals surface area contributed by atoms with Gasteiger partial charge in [-0.2, -0.15) is 0 Å². The predicted octanol–water partition coefficient (Wildman–Crippen LogP) is -1.56. The summed E-state index contributed by atoms with van der Waals surface area (Å²) in [6, 6.07) is 20.4. The second-order valence-corrected chi connectivity index (χ2v) is 23.5. The number of aliphatic imine (C=N–C) groups is 1. The van der Waals surface area contributed by atoms with Crippen LogP contribution in [0.15, 0.2) is 83.9 Å². The van der Waals surface area contributed by atoms with E-state index in [0.29, 0.717) is 115 Å². The third-order valence-corrected chi connectivity index (χ3v) is 15.9. The number of nitrogens with one attached hydrogen (secondary N) is 9. The molecule has 2 aliphatic heterocycles. The number of piperidine rings is 1. The van der Waals surface area contributed by atoms with Crippen molar-refractivity contribution < 1.29 is 68.4 Å². The van der Waals surface area contributed by atoms with Crippen molar-refractivity contribution in [2.24, 2.45) is 16.5 Å². The molecule has 8 amide bonds. The van der Waals surface area contributed by atoms with Gasteiger partial charge in [0.15, 0.2) is 5.96 Å². The highest BCUT2D eigenvalue weighted by molar-refractivity contribution is 5.95. The first kappa shape index (κ1) is 76.7. The Kier molecular flexibility index (Phi) is 34.2. The smallest absolute Gasteiger partial charge is 0.321 e. The lowest BCUT2D eigenvalue weighted by molar-refractivity contribution is -0.140. The van der Waals surface area contributed by atoms with Crippen LogP contribution in [0.2, 0.25) is 0 Å². The molecule has 31 heteroatoms. The summed E-state index contributed by atoms with van der Waals surface area (Å²) < 4.78 is 0. The number of phenolic OH excluding ortho intramolecular Hbond substituents is 1. The molecule has 0 bridgehead atoms. The average molecular weight is 1330 g/mol. The van der Waals surface area contributed by atoms with E-state index < -0.39 is 53.8 Å². The zero-order valence-corrected chi connectivity index (χ0v) is 54.2. The molecule has 2 saturated heterocycles. The maximum absolute atomic E-state index is 14.4. The highest BCUT2D eigenvalue weighted by Gasteiger charge is 2.29. The van der Waals surface area contributed by atoms with Crippen LogP contribution in [0.4, 0.5) is 10.5 Å². The van der Waals surface area contributed by atoms with Gasteiger partial charge in [0.25, 0.3) is 0 Å². The Morgan fingerprint density at radius 3 is 1.64 bits per heavy atom. The summed E-state index contributed by atoms with van der Waals surface area (Å²) in [5.41, 5.74) is 15.0. The highest BCUT2D eigenvalue weighted by Crippen LogP contribution is 2.27. The molecule has 3 atom stereocenters. The molecule has 0 saturated carbocycles. The number of amides is 8. The largest absolute Gasteiger partial charge is 0.508 e. The van der Waals surface area contributed by atoms with E-state index in [0.717, 1.165) is 11.3 Å². The molecule has 17 N–H and O–H groups in total. The van der Waals surface area contributed by atoms with Crippen LogP contribution in [0.25, 0.3) is 0 Å². The van der Waals surface area contributed by atoms with Crippen LogP contribution in [0.3, 0.4) is 0 Å². The Balaban J connectivity index is 1.00. The number of phenols is 1. The molecule has 0 spiro atoms. The van der Waals surface area contributed by atoms with Crippen molar-refractivity contribution in [3.63, 3.8) is 0 Å². The number of urea groups is 1. The summed E-state index contributed by atoms with van der Waals surface area (Å²) in [6.07, 6.45) is 3.41. The van der Waals surface area contributed by atoms with E-state index in [1.54, 1.807) is 33.8 Å². The lowest BCUT2D eigenvalue weighted by Crippen LogP contribution is -2.51. The third kappa shape index (κ3) is 31.2. The van der Waals surface area contributed by atoms with E-state index in [4.69, 9.17) is 11.5 Å². The number of likely N-dealkylation sites (tertiary alicyclic amines) is 1. The second kappa shape index (κ2) is 42.3. The Bertz CT molecular complexity index is 2930. The van der Waals surface area contributed by atoms with Gasteiger partial charge in [-0.05, 0) is 85.9 Å². The first-order valence-corrected chi connectivity index (χ1v) is 32.4. The molecule has 2 fully saturated rings. The van der Waals surface area contributed by atoms with Gasteiger partial charge in [0.1, 0.15) is 11.8 Å². The number of rotatable bonds is 36. The van der Waals surface area contributed by atoms with Gasteiger partial charge < -0.3 is 74.4 Å². The number of aromatic hydroxyl groups is 1. The van der Waals surface area contributed by atoms with Gasteiger partial charge in [0.05, 0.1) is 44.7 Å². The summed E-state index contributed by atoms with van der Waals surface area (Å²) in [7, 11) is 0. The highest BCUT2D eigenvalue weighted by atomic mass is 16.4. The maximum Gasteiger partial charge on any atom is 0.321 e. The molecule has 0 unspecified atom stereocenters. The van der Waals surface area contributed by atoms with E-state index in [-0.39, 0.29) is 133 Å². The first-order valence-electron chi connectivity index (χ1n) is 32.4. The lowest BCUT2D eigenvalue weighted by Gasteiger charge is -2.34. The molecule has 31 nitrogen and oxygen atoms in total. The zero-order valence-electron chi connectivity index (χ0n) is 54.2. The van der Waals surface area contributed by atoms with Crippen molar-refractivity contribution in [2.75, 3.05) is 143 Å². The van der Waals surface area contributed by atoms with Crippen LogP contribution in [0.5, 0.6) is 5.75 Å². The fourth-order valence-corrected chi connectivity index (χ4v) is 10.7. The van der Waals surface area contributed by atoms with E-state index >= 15 is 0 Å². The van der Waals surface area contributed by atoms with E-state index in [1.165, 1.54) is 12.1 Å². The molecule has 2 aliphatic rings. The Hall–Kier alpha value is -9.01. The second-order valence-electron chi connectivity index (χ2n) is 23.5. The molecule has 2 heterocycles. The van der Waals surface area contributed by atoms with Gasteiger partial charge in [-0.3, -0.25) is 78.0 Å². The molecular formula is C64H97N17O14. The van der Waals surface area contributed by atoms with Crippen molar-refractivity contribution in [1.82, 2.24) is 67.0 Å². The van der Waals surface area contributed by atoms with Crippen LogP contribution in [0, 0.1) is 0 Å². The van der Waals surface area contributed by atoms with Gasteiger partial charge >= 0.3 is 23.9 Å². The van der Waals surface area contributed by atoms with Gasteiger partial charge in [0.2, 0.25) is 35.4 Å². The molecule has 5 rings (SSSR count). The quantitative estimate of drug-likeness (QED) is 0.0178. The fraction of sp³-hybridized carbons (Fsp3) is 0.547. The van der Waals surface area contributed by atoms with Crippen LogP contribution < -0.4 is 59.3 Å². The normalized spacial score (nSPS) is 16.0. The Morgan fingerprint density at radius 1 is 0.537 bits per heavy atom. The minimum Gasteiger partial charge on any atom is -0.508 e. The standard InChI is InChI=1S/C64H97N17O14/c1-2-53(83)69-27-28-72-64(95)76-63(66)71-24-7-12-52(61(93)73-39-45-13-19-50(82)20-14-45)75-62(94)59(46-9-4-3-5-10-46)47-15-17-48(18-16-47)67-25-8-26-70-60(92)51(65)11-6-23-68-54(84)40-77-29-21-49(22-30-77)74-55(85)41-78-31-33-79(42-56(86)87)35-37-81(44-58(90)91)38-36-80(34-32-78)43-57(88)89/h3-5,9-10,13-20,49,51-52,59,67,82H,2,6-8,11-12,21-44,65H2,1H3,(H,68,84)(H,69,83)(H,70,92)(H,73,93)(H,74,85)(H,75,94)(H,86,87)(H,88,89)(H,90,91)(H4,66,71,72,76,95)/t51-,52-,59+/m1/s1. The number of aliphatic carboxylic acids is 3. The van der Waals surface area contributed by atoms with Crippen molar-refractivity contribution in [3.8, 4) is 5.75 Å². The van der Waals surface area contributed by atoms with Gasteiger partial charge in [-0.25, -0.2) is 4.79 Å². The number of carbonyl (C=O) groups is 10. The van der Waals surface area contributed by atoms with Crippen molar-refractivity contribution >= 4 is 71.0 Å². The minimum atomic E-state index is -1.04. The molecule has 3 aromatic rings. The van der Waals surface area contributed by atoms with E-state index in [1.807, 2.05) is 64.4 Å². The average Bonchev–Trinajstić information content (AvgIpc) is 0.887. The number of benzene rings is 3. The summed E-state index contributed by atoms with van der Waals surface area (Å²) in [6.45, 7) is 6.44. The van der Waals surface area contributed by atoms with Gasteiger partial charge in [-0.1, -0.05) is 61.5 Å². The van der Waals surface area contributed by atoms with Crippen molar-refractivity contribution in [1.29, 1.82) is 0 Å². The summed E-state index contributed by atoms with van der Waals surface area (Å²) in [5, 5.41) is 64.0. The molecular weight excluding hydrogens is 1230 g/mol. The monoisotopic (exact) mass is 1330 g/mol. The number of hydrogen-bond donors (Lipinski definition) is 15. The molecule has 95 heavy (non-hydrogen) atoms. The molecule has 522 valence electrons. The summed E-state index contributed by atoms with van der Waals surface area (Å²) in [4.78, 5) is 139. The first-order chi connectivity index (χ1) is 45.6. The number of carbonyl (C=O) groups excluding carboxylic acids is 7. The molecule has 0 radical (unpaired) electrons. The van der Waals surface area contributed by atoms with Crippen LogP contribution in [-0.4, -0.2) is 266 Å². The zero-order chi connectivity index (χ0) is 68.9. The number of anilines is 1. The summed E-state index contributed by atoms with van der Waals surface area (Å²) >= 11 is 0. The molecule has 0 aromatic heterocycles. The van der Waals surface area contributed by atoms with E-state index in [2.05, 4.69) is 52.8 Å². The Labute approximate surface area is 553 Å². The molecule has 3 aromatic carbocycles. The number of guanidine groups is 1. The van der Waals surface area contributed by atoms with Crippen LogP contribution in [0.1, 0.15) is 80.9 Å². The number of carboxylic acid groups (broad SMARTS) is 3. The number of nitrogens with zero attached hydrogens (tertiary/aromatic N) is 6. The van der Waals surface area contributed by atoms with Crippen LogP contribution >= 0.6 is 0 Å². The van der Waals surface area contributed by atoms with Crippen molar-refractivity contribution in [3.05, 3.63) is 95.6 Å². The van der Waals surface area contributed by atoms with E-state index in [9.17, 15) is 68.4 Å². The number of hydrogen-bond acceptors (Lipinski definition) is 19. The lowest BCUT2D eigenvalue weighted by atomic mass is 9.90. The molecule has 0 aliphatic carbocycles. The number of carboxylic acids is 3. The van der Waals surface area contributed by atoms with Gasteiger partial charge in [0, 0.05) is 129 Å². The van der Waals surface area contributed by atoms with Crippen LogP contribution in [-0.2, 0) is 49.7 Å². The number of nitrogens with two attached hydrogens (primary N) is 2. The SMILES string of the molecule is CCC(=O)NCCNC(=O)NC(N)=NCCC[C@@H](NC(=O)[C@@H](c1ccccc1)c1ccc(NCCCNC(=O)[C@H](N)CCCNC(=O)CN2CCC(NC(=O)CN3CCN(CC(=O)O)CCN(CC(=O)O)CCN(CC(=O)O)CC3)CC2)cc1)C(=O)NCc1ccc(O)cc1. The fourth-order valence-electron chi connectivity index (χ4n) is 10.7. The minimum absolute atomic E-state index is 0.0101. The Morgan fingerprint density at radius 2 is 1.06 bits per heavy atom. The summed E-state index contributed by atoms with van der Waals surface area (Å²) in [5.74, 6) is -5.71. The van der Waals surface area contributed by atoms with Crippen molar-refractivity contribution in [2.45, 2.75) is 88.9 Å².